The number of hydrogen-bond acceptors (Lipinski definition) is 5. The Labute approximate surface area is 146 Å². The van der Waals surface area contributed by atoms with E-state index in [9.17, 15) is 13.2 Å². The quantitative estimate of drug-likeness (QED) is 0.770. The summed E-state index contributed by atoms with van der Waals surface area (Å²) in [6, 6.07) is 3.56. The molecule has 0 amide bonds. The van der Waals surface area contributed by atoms with Crippen molar-refractivity contribution >= 4 is 0 Å². The highest BCUT2D eigenvalue weighted by atomic mass is 19.4. The monoisotopic (exact) mass is 362 g/mol. The first-order valence-electron chi connectivity index (χ1n) is 8.15. The molecule has 1 N–H and O–H groups in total. The smallest absolute Gasteiger partial charge is 0.401 e. The molecule has 1 aliphatic rings. The first-order chi connectivity index (χ1) is 11.9. The summed E-state index contributed by atoms with van der Waals surface area (Å²) in [5, 5.41) is 3.31. The molecule has 1 saturated heterocycles. The maximum atomic E-state index is 12.4. The summed E-state index contributed by atoms with van der Waals surface area (Å²) in [6.45, 7) is 1.27. The van der Waals surface area contributed by atoms with Gasteiger partial charge < -0.3 is 19.5 Å². The van der Waals surface area contributed by atoms with Crippen LogP contribution in [0.3, 0.4) is 0 Å². The van der Waals surface area contributed by atoms with Crippen LogP contribution in [0.25, 0.3) is 0 Å². The normalized spacial score (nSPS) is 18.4. The average Bonchev–Trinajstić information content (AvgIpc) is 2.99. The second-order valence-corrected chi connectivity index (χ2v) is 6.15. The van der Waals surface area contributed by atoms with Crippen LogP contribution in [0, 0.1) is 5.92 Å². The van der Waals surface area contributed by atoms with Crippen LogP contribution in [-0.4, -0.2) is 58.6 Å². The van der Waals surface area contributed by atoms with Gasteiger partial charge in [-0.15, -0.1) is 0 Å². The minimum atomic E-state index is -4.13. The summed E-state index contributed by atoms with van der Waals surface area (Å²) >= 11 is 0. The number of hydrogen-bond donors (Lipinski definition) is 1. The number of likely N-dealkylation sites (tertiary alicyclic amines) is 1. The molecular weight excluding hydrogens is 337 g/mol. The molecule has 1 heterocycles. The van der Waals surface area contributed by atoms with Crippen molar-refractivity contribution in [1.29, 1.82) is 0 Å². The van der Waals surface area contributed by atoms with Gasteiger partial charge in [0.05, 0.1) is 33.4 Å². The third-order valence-corrected chi connectivity index (χ3v) is 4.32. The van der Waals surface area contributed by atoms with Crippen molar-refractivity contribution in [2.75, 3.05) is 47.5 Å². The standard InChI is InChI=1S/C17H25F3N2O3/c1-23-13-6-15(24-2)14(16(7-13)25-3)9-21-8-12-4-5-22(10-12)11-17(18,19)20/h6-7,12,21H,4-5,8-11H2,1-3H3. The Balaban J connectivity index is 1.90. The zero-order valence-corrected chi connectivity index (χ0v) is 14.8. The van der Waals surface area contributed by atoms with Gasteiger partial charge in [-0.25, -0.2) is 0 Å². The molecule has 1 aliphatic heterocycles. The number of alkyl halides is 3. The Kier molecular flexibility index (Phi) is 6.78. The predicted molar refractivity (Wildman–Crippen MR) is 88.4 cm³/mol. The van der Waals surface area contributed by atoms with Crippen LogP contribution in [0.1, 0.15) is 12.0 Å². The van der Waals surface area contributed by atoms with Gasteiger partial charge in [-0.2, -0.15) is 13.2 Å². The minimum Gasteiger partial charge on any atom is -0.496 e. The van der Waals surface area contributed by atoms with Gasteiger partial charge in [0.2, 0.25) is 0 Å². The van der Waals surface area contributed by atoms with Gasteiger partial charge in [-0.1, -0.05) is 0 Å². The molecule has 0 bridgehead atoms. The van der Waals surface area contributed by atoms with E-state index in [1.165, 1.54) is 4.90 Å². The second-order valence-electron chi connectivity index (χ2n) is 6.15. The Morgan fingerprint density at radius 1 is 1.12 bits per heavy atom. The van der Waals surface area contributed by atoms with Gasteiger partial charge in [0.25, 0.3) is 0 Å². The van der Waals surface area contributed by atoms with Crippen molar-refractivity contribution in [3.63, 3.8) is 0 Å². The molecule has 1 unspecified atom stereocenters. The molecule has 1 fully saturated rings. The van der Waals surface area contributed by atoms with E-state index in [1.807, 2.05) is 0 Å². The van der Waals surface area contributed by atoms with E-state index < -0.39 is 12.7 Å². The molecule has 5 nitrogen and oxygen atoms in total. The third-order valence-electron chi connectivity index (χ3n) is 4.32. The number of rotatable bonds is 8. The van der Waals surface area contributed by atoms with Crippen LogP contribution in [0.15, 0.2) is 12.1 Å². The Hall–Kier alpha value is -1.67. The second kappa shape index (κ2) is 8.62. The molecule has 0 radical (unpaired) electrons. The maximum absolute atomic E-state index is 12.4. The van der Waals surface area contributed by atoms with Gasteiger partial charge in [0.1, 0.15) is 17.2 Å². The molecule has 0 aromatic heterocycles. The summed E-state index contributed by atoms with van der Waals surface area (Å²) in [6.07, 6.45) is -3.37. The summed E-state index contributed by atoms with van der Waals surface area (Å²) in [5.74, 6) is 2.14. The fourth-order valence-electron chi connectivity index (χ4n) is 3.13. The highest BCUT2D eigenvalue weighted by Gasteiger charge is 2.34. The SMILES string of the molecule is COc1cc(OC)c(CNCC2CCN(CC(F)(F)F)C2)c(OC)c1. The lowest BCUT2D eigenvalue weighted by Crippen LogP contribution is -2.33. The number of methoxy groups -OCH3 is 3. The minimum absolute atomic E-state index is 0.206. The summed E-state index contributed by atoms with van der Waals surface area (Å²) in [7, 11) is 4.71. The van der Waals surface area contributed by atoms with Crippen molar-refractivity contribution < 1.29 is 27.4 Å². The van der Waals surface area contributed by atoms with Crippen molar-refractivity contribution in [2.45, 2.75) is 19.1 Å². The van der Waals surface area contributed by atoms with E-state index >= 15 is 0 Å². The van der Waals surface area contributed by atoms with E-state index in [4.69, 9.17) is 14.2 Å². The highest BCUT2D eigenvalue weighted by molar-refractivity contribution is 5.50. The Morgan fingerprint density at radius 2 is 1.76 bits per heavy atom. The average molecular weight is 362 g/mol. The Morgan fingerprint density at radius 3 is 2.28 bits per heavy atom. The predicted octanol–water partition coefficient (Wildman–Crippen LogP) is 2.69. The highest BCUT2D eigenvalue weighted by Crippen LogP contribution is 2.34. The zero-order valence-electron chi connectivity index (χ0n) is 14.8. The van der Waals surface area contributed by atoms with E-state index in [-0.39, 0.29) is 5.92 Å². The number of nitrogens with one attached hydrogen (secondary N) is 1. The van der Waals surface area contributed by atoms with Gasteiger partial charge in [0, 0.05) is 25.2 Å². The summed E-state index contributed by atoms with van der Waals surface area (Å²) < 4.78 is 53.3. The van der Waals surface area contributed by atoms with Crippen molar-refractivity contribution in [3.8, 4) is 17.2 Å². The molecule has 8 heteroatoms. The number of ether oxygens (including phenoxy) is 3. The van der Waals surface area contributed by atoms with Crippen LogP contribution < -0.4 is 19.5 Å². The molecule has 0 spiro atoms. The van der Waals surface area contributed by atoms with E-state index in [1.54, 1.807) is 33.5 Å². The van der Waals surface area contributed by atoms with Crippen molar-refractivity contribution in [3.05, 3.63) is 17.7 Å². The van der Waals surface area contributed by atoms with Gasteiger partial charge in [0.15, 0.2) is 0 Å². The molecule has 142 valence electrons. The number of halogens is 3. The molecular formula is C17H25F3N2O3. The van der Waals surface area contributed by atoms with Gasteiger partial charge >= 0.3 is 6.18 Å². The van der Waals surface area contributed by atoms with Crippen LogP contribution in [0.4, 0.5) is 13.2 Å². The van der Waals surface area contributed by atoms with E-state index in [0.29, 0.717) is 43.4 Å². The summed E-state index contributed by atoms with van der Waals surface area (Å²) in [4.78, 5) is 1.46. The van der Waals surface area contributed by atoms with Crippen LogP contribution >= 0.6 is 0 Å². The molecule has 2 rings (SSSR count). The molecule has 0 saturated carbocycles. The largest absolute Gasteiger partial charge is 0.496 e. The molecule has 25 heavy (non-hydrogen) atoms. The van der Waals surface area contributed by atoms with Crippen molar-refractivity contribution in [1.82, 2.24) is 10.2 Å². The fraction of sp³-hybridized carbons (Fsp3) is 0.647. The molecule has 1 atom stereocenters. The van der Waals surface area contributed by atoms with E-state index in [0.717, 1.165) is 12.0 Å². The molecule has 0 aliphatic carbocycles. The first-order valence-corrected chi connectivity index (χ1v) is 8.15. The maximum Gasteiger partial charge on any atom is 0.401 e. The van der Waals surface area contributed by atoms with Crippen molar-refractivity contribution in [2.24, 2.45) is 5.92 Å². The topological polar surface area (TPSA) is 43.0 Å². The lowest BCUT2D eigenvalue weighted by Gasteiger charge is -2.19. The first kappa shape index (κ1) is 19.7. The van der Waals surface area contributed by atoms with Crippen LogP contribution in [0.2, 0.25) is 0 Å². The van der Waals surface area contributed by atoms with Crippen LogP contribution in [-0.2, 0) is 6.54 Å². The zero-order chi connectivity index (χ0) is 18.4. The van der Waals surface area contributed by atoms with Crippen LogP contribution in [0.5, 0.6) is 17.2 Å². The number of nitrogens with zero attached hydrogens (tertiary/aromatic N) is 1. The van der Waals surface area contributed by atoms with Gasteiger partial charge in [-0.3, -0.25) is 4.90 Å². The molecule has 1 aromatic rings. The lowest BCUT2D eigenvalue weighted by molar-refractivity contribution is -0.143. The Bertz CT molecular complexity index is 542. The molecule has 1 aromatic carbocycles. The summed E-state index contributed by atoms with van der Waals surface area (Å²) in [5.41, 5.74) is 0.857. The number of benzene rings is 1. The lowest BCUT2D eigenvalue weighted by atomic mass is 10.1. The van der Waals surface area contributed by atoms with Gasteiger partial charge in [-0.05, 0) is 25.4 Å². The van der Waals surface area contributed by atoms with E-state index in [2.05, 4.69) is 5.32 Å². The fourth-order valence-corrected chi connectivity index (χ4v) is 3.13. The third kappa shape index (κ3) is 5.67.